The summed E-state index contributed by atoms with van der Waals surface area (Å²) >= 11 is 7.49. The average molecular weight is 746 g/mol. The number of hydrogen-bond donors (Lipinski definition) is 4. The molecule has 0 bridgehead atoms. The highest BCUT2D eigenvalue weighted by atomic mass is 35.5. The van der Waals surface area contributed by atoms with E-state index in [1.54, 1.807) is 24.3 Å². The Labute approximate surface area is 310 Å². The summed E-state index contributed by atoms with van der Waals surface area (Å²) in [5.74, 6) is 1.04. The number of carbonyl (C=O) groups excluding carboxylic acids is 4. The number of aromatic nitrogens is 3. The maximum Gasteiger partial charge on any atom is 0.267 e. The summed E-state index contributed by atoms with van der Waals surface area (Å²) in [5.41, 5.74) is 2.21. The van der Waals surface area contributed by atoms with Gasteiger partial charge >= 0.3 is 0 Å². The molecular weight excluding hydrogens is 706 g/mol. The Kier molecular flexibility index (Phi) is 11.9. The van der Waals surface area contributed by atoms with Gasteiger partial charge in [-0.2, -0.15) is 0 Å². The van der Waals surface area contributed by atoms with E-state index in [4.69, 9.17) is 16.3 Å². The normalized spacial score (nSPS) is 16.3. The molecule has 0 aliphatic carbocycles. The first-order valence-electron chi connectivity index (χ1n) is 17.1. The van der Waals surface area contributed by atoms with Gasteiger partial charge in [-0.25, -0.2) is 15.0 Å². The number of rotatable bonds is 13. The Bertz CT molecular complexity index is 1930. The van der Waals surface area contributed by atoms with Gasteiger partial charge in [0, 0.05) is 45.2 Å². The molecule has 1 atom stereocenters. The van der Waals surface area contributed by atoms with Gasteiger partial charge in [0.15, 0.2) is 11.7 Å². The Hall–Kier alpha value is -5.12. The van der Waals surface area contributed by atoms with Crippen molar-refractivity contribution in [2.45, 2.75) is 39.0 Å². The lowest BCUT2D eigenvalue weighted by atomic mass is 9.90. The van der Waals surface area contributed by atoms with E-state index < -0.39 is 5.92 Å². The maximum absolute atomic E-state index is 12.9. The third-order valence-electron chi connectivity index (χ3n) is 8.79. The third-order valence-corrected chi connectivity index (χ3v) is 10.0. The molecule has 272 valence electrons. The van der Waals surface area contributed by atoms with Crippen molar-refractivity contribution in [1.82, 2.24) is 30.5 Å². The first-order valence-corrected chi connectivity index (χ1v) is 18.3. The van der Waals surface area contributed by atoms with Crippen molar-refractivity contribution in [3.63, 3.8) is 0 Å². The minimum absolute atomic E-state index is 0.130. The molecule has 4 amide bonds. The SMILES string of the molecule is Cc1nc(Nc2ncc(C(=O)Nc3c(C)cccc3Cl)s2)cc(N2CCN(CCCNC(=O)COc3cccc(C4CCC(=O)NC4=O)c3)CC2)n1. The molecule has 2 aromatic heterocycles. The van der Waals surface area contributed by atoms with Gasteiger partial charge in [-0.1, -0.05) is 47.2 Å². The number of thiazole rings is 1. The first-order chi connectivity index (χ1) is 25.1. The summed E-state index contributed by atoms with van der Waals surface area (Å²) < 4.78 is 5.68. The molecule has 2 saturated heterocycles. The van der Waals surface area contributed by atoms with E-state index in [0.29, 0.717) is 57.5 Å². The zero-order chi connectivity index (χ0) is 36.6. The van der Waals surface area contributed by atoms with Gasteiger partial charge in [0.1, 0.15) is 28.1 Å². The maximum atomic E-state index is 12.9. The van der Waals surface area contributed by atoms with Crippen LogP contribution in [0.15, 0.2) is 54.7 Å². The number of piperidine rings is 1. The van der Waals surface area contributed by atoms with Crippen LogP contribution in [0.25, 0.3) is 0 Å². The fourth-order valence-corrected chi connectivity index (χ4v) is 7.04. The minimum Gasteiger partial charge on any atom is -0.484 e. The molecule has 2 aliphatic rings. The number of carbonyl (C=O) groups is 4. The summed E-state index contributed by atoms with van der Waals surface area (Å²) in [6.45, 7) is 8.24. The molecule has 2 aliphatic heterocycles. The Morgan fingerprint density at radius 2 is 1.87 bits per heavy atom. The number of anilines is 4. The molecule has 2 aromatic carbocycles. The fraction of sp³-hybridized carbons (Fsp3) is 0.361. The van der Waals surface area contributed by atoms with Gasteiger partial charge in [0.25, 0.3) is 11.8 Å². The number of halogens is 1. The molecule has 0 spiro atoms. The topological polar surface area (TPSA) is 171 Å². The highest BCUT2D eigenvalue weighted by molar-refractivity contribution is 7.17. The second-order valence-corrected chi connectivity index (χ2v) is 14.0. The van der Waals surface area contributed by atoms with Crippen molar-refractivity contribution in [3.8, 4) is 5.75 Å². The van der Waals surface area contributed by atoms with E-state index in [2.05, 4.69) is 46.0 Å². The second-order valence-electron chi connectivity index (χ2n) is 12.6. The fourth-order valence-electron chi connectivity index (χ4n) is 6.05. The number of amides is 4. The number of para-hydroxylation sites is 1. The summed E-state index contributed by atoms with van der Waals surface area (Å²) in [6.07, 6.45) is 3.07. The predicted octanol–water partition coefficient (Wildman–Crippen LogP) is 4.43. The van der Waals surface area contributed by atoms with Crippen molar-refractivity contribution >= 4 is 69.0 Å². The molecule has 14 nitrogen and oxygen atoms in total. The molecule has 4 N–H and O–H groups in total. The van der Waals surface area contributed by atoms with Crippen molar-refractivity contribution in [3.05, 3.63) is 81.6 Å². The number of benzene rings is 2. The van der Waals surface area contributed by atoms with Crippen LogP contribution in [0.4, 0.5) is 22.5 Å². The highest BCUT2D eigenvalue weighted by Crippen LogP contribution is 2.29. The lowest BCUT2D eigenvalue weighted by Crippen LogP contribution is -2.47. The number of ether oxygens (including phenoxy) is 1. The van der Waals surface area contributed by atoms with Crippen molar-refractivity contribution < 1.29 is 23.9 Å². The molecule has 16 heteroatoms. The number of hydrogen-bond acceptors (Lipinski definition) is 12. The van der Waals surface area contributed by atoms with E-state index in [-0.39, 0.29) is 30.2 Å². The number of piperazine rings is 1. The molecule has 52 heavy (non-hydrogen) atoms. The van der Waals surface area contributed by atoms with Gasteiger partial charge in [-0.15, -0.1) is 0 Å². The summed E-state index contributed by atoms with van der Waals surface area (Å²) in [6, 6.07) is 14.4. The molecule has 4 heterocycles. The number of nitrogens with one attached hydrogen (secondary N) is 4. The first kappa shape index (κ1) is 36.7. The number of aryl methyl sites for hydroxylation is 2. The van der Waals surface area contributed by atoms with Gasteiger partial charge in [0.2, 0.25) is 11.8 Å². The van der Waals surface area contributed by atoms with Gasteiger partial charge in [-0.05, 0) is 62.6 Å². The van der Waals surface area contributed by atoms with Crippen LogP contribution in [0.5, 0.6) is 5.75 Å². The van der Waals surface area contributed by atoms with E-state index in [0.717, 1.165) is 56.1 Å². The molecule has 6 rings (SSSR count). The van der Waals surface area contributed by atoms with Crippen LogP contribution in [-0.2, 0) is 14.4 Å². The minimum atomic E-state index is -0.409. The summed E-state index contributed by atoms with van der Waals surface area (Å²) in [7, 11) is 0. The number of nitrogens with zero attached hydrogens (tertiary/aromatic N) is 5. The second kappa shape index (κ2) is 16.9. The summed E-state index contributed by atoms with van der Waals surface area (Å²) in [5, 5.41) is 12.4. The van der Waals surface area contributed by atoms with Crippen LogP contribution in [0, 0.1) is 13.8 Å². The van der Waals surface area contributed by atoms with Gasteiger partial charge in [0.05, 0.1) is 22.8 Å². The van der Waals surface area contributed by atoms with E-state index in [1.165, 1.54) is 17.5 Å². The zero-order valence-electron chi connectivity index (χ0n) is 28.9. The largest absolute Gasteiger partial charge is 0.484 e. The Balaban J connectivity index is 0.909. The number of imide groups is 1. The average Bonchev–Trinajstić information content (AvgIpc) is 3.59. The van der Waals surface area contributed by atoms with Crippen LogP contribution in [-0.4, -0.2) is 89.4 Å². The highest BCUT2D eigenvalue weighted by Gasteiger charge is 2.28. The van der Waals surface area contributed by atoms with Crippen LogP contribution >= 0.6 is 22.9 Å². The summed E-state index contributed by atoms with van der Waals surface area (Å²) in [4.78, 5) is 67.6. The van der Waals surface area contributed by atoms with Crippen LogP contribution < -0.4 is 30.9 Å². The Morgan fingerprint density at radius 3 is 2.65 bits per heavy atom. The lowest BCUT2D eigenvalue weighted by molar-refractivity contribution is -0.134. The molecule has 2 fully saturated rings. The van der Waals surface area contributed by atoms with Gasteiger partial charge < -0.3 is 25.6 Å². The van der Waals surface area contributed by atoms with Crippen LogP contribution in [0.2, 0.25) is 5.02 Å². The lowest BCUT2D eigenvalue weighted by Gasteiger charge is -2.35. The van der Waals surface area contributed by atoms with Crippen molar-refractivity contribution in [2.75, 3.05) is 61.4 Å². The smallest absolute Gasteiger partial charge is 0.267 e. The van der Waals surface area contributed by atoms with Crippen molar-refractivity contribution in [1.29, 1.82) is 0 Å². The standard InChI is InChI=1S/C36H40ClN9O5S/c1-22-6-3-9-27(37)33(22)44-35(50)28-20-39-36(52-28)42-29-19-30(41-23(2)40-29)46-16-14-45(15-17-46)13-5-12-38-32(48)21-51-25-8-4-7-24(18-25)26-10-11-31(47)43-34(26)49/h3-4,6-9,18-20,26H,5,10-17,21H2,1-2H3,(H,38,48)(H,44,50)(H,43,47,49)(H,39,40,41,42). The van der Waals surface area contributed by atoms with Crippen LogP contribution in [0.3, 0.4) is 0 Å². The van der Waals surface area contributed by atoms with Crippen LogP contribution in [0.1, 0.15) is 51.8 Å². The van der Waals surface area contributed by atoms with E-state index in [1.807, 2.05) is 38.1 Å². The quantitative estimate of drug-likeness (QED) is 0.113. The monoisotopic (exact) mass is 745 g/mol. The molecule has 0 saturated carbocycles. The molecule has 0 radical (unpaired) electrons. The molecule has 4 aromatic rings. The van der Waals surface area contributed by atoms with E-state index in [9.17, 15) is 19.2 Å². The zero-order valence-corrected chi connectivity index (χ0v) is 30.5. The molecular formula is C36H40ClN9O5S. The predicted molar refractivity (Wildman–Crippen MR) is 200 cm³/mol. The Morgan fingerprint density at radius 1 is 1.06 bits per heavy atom. The third kappa shape index (κ3) is 9.60. The molecule has 1 unspecified atom stereocenters. The van der Waals surface area contributed by atoms with Gasteiger partial charge in [-0.3, -0.25) is 29.4 Å². The van der Waals surface area contributed by atoms with E-state index >= 15 is 0 Å². The van der Waals surface area contributed by atoms with Crippen molar-refractivity contribution in [2.24, 2.45) is 0 Å².